The lowest BCUT2D eigenvalue weighted by atomic mass is 10.1. The lowest BCUT2D eigenvalue weighted by Crippen LogP contribution is -2.26. The van der Waals surface area contributed by atoms with Gasteiger partial charge in [-0.25, -0.2) is 4.39 Å². The van der Waals surface area contributed by atoms with Crippen LogP contribution in [-0.4, -0.2) is 34.9 Å². The highest BCUT2D eigenvalue weighted by Crippen LogP contribution is 2.29. The molecule has 26 heavy (non-hydrogen) atoms. The Balaban J connectivity index is 1.78. The summed E-state index contributed by atoms with van der Waals surface area (Å²) in [5, 5.41) is 0.817. The Morgan fingerprint density at radius 3 is 2.54 bits per heavy atom. The second-order valence-electron chi connectivity index (χ2n) is 5.81. The topological polar surface area (TPSA) is 32.8 Å². The summed E-state index contributed by atoms with van der Waals surface area (Å²) < 4.78 is 19.3. The molecule has 1 aliphatic rings. The van der Waals surface area contributed by atoms with E-state index >= 15 is 0 Å². The molecule has 0 atom stereocenters. The minimum absolute atomic E-state index is 0.0765. The Hall–Kier alpha value is -2.44. The van der Waals surface area contributed by atoms with Gasteiger partial charge in [0.25, 0.3) is 5.91 Å². The van der Waals surface area contributed by atoms with Crippen LogP contribution in [0, 0.1) is 5.82 Å². The number of benzene rings is 2. The molecule has 2 aromatic carbocycles. The number of thiocarbonyl (C=S) groups is 1. The van der Waals surface area contributed by atoms with Gasteiger partial charge in [-0.1, -0.05) is 35.9 Å². The Morgan fingerprint density at radius 1 is 1.19 bits per heavy atom. The SMILES string of the molecule is CN1C(=O)/C(=C/c2ccc(OCc3ccccc3F)c(Cl)c2)N(C)C1=S. The summed E-state index contributed by atoms with van der Waals surface area (Å²) in [6.45, 7) is 0.0765. The van der Waals surface area contributed by atoms with Gasteiger partial charge in [0.1, 0.15) is 23.9 Å². The van der Waals surface area contributed by atoms with E-state index in [4.69, 9.17) is 28.6 Å². The van der Waals surface area contributed by atoms with E-state index in [9.17, 15) is 9.18 Å². The van der Waals surface area contributed by atoms with Crippen molar-refractivity contribution in [1.82, 2.24) is 9.80 Å². The summed E-state index contributed by atoms with van der Waals surface area (Å²) in [5.74, 6) is -0.0582. The minimum atomic E-state index is -0.326. The molecule has 1 aliphatic heterocycles. The van der Waals surface area contributed by atoms with E-state index in [0.717, 1.165) is 5.56 Å². The van der Waals surface area contributed by atoms with Gasteiger partial charge in [-0.15, -0.1) is 0 Å². The number of hydrogen-bond acceptors (Lipinski definition) is 3. The highest BCUT2D eigenvalue weighted by molar-refractivity contribution is 7.80. The molecule has 1 heterocycles. The van der Waals surface area contributed by atoms with E-state index in [1.54, 1.807) is 61.5 Å². The molecule has 0 aromatic heterocycles. The third kappa shape index (κ3) is 3.57. The largest absolute Gasteiger partial charge is 0.487 e. The van der Waals surface area contributed by atoms with Gasteiger partial charge in [0, 0.05) is 19.7 Å². The van der Waals surface area contributed by atoms with Crippen LogP contribution in [0.5, 0.6) is 5.75 Å². The summed E-state index contributed by atoms with van der Waals surface area (Å²) in [7, 11) is 3.37. The molecule has 4 nitrogen and oxygen atoms in total. The molecule has 7 heteroatoms. The number of rotatable bonds is 4. The molecule has 134 valence electrons. The fraction of sp³-hybridized carbons (Fsp3) is 0.158. The fourth-order valence-electron chi connectivity index (χ4n) is 2.54. The summed E-state index contributed by atoms with van der Waals surface area (Å²) in [4.78, 5) is 15.3. The summed E-state index contributed by atoms with van der Waals surface area (Å²) in [6, 6.07) is 11.6. The highest BCUT2D eigenvalue weighted by Gasteiger charge is 2.32. The maximum absolute atomic E-state index is 13.6. The number of likely N-dealkylation sites (N-methyl/N-ethyl adjacent to an activating group) is 2. The van der Waals surface area contributed by atoms with E-state index in [1.807, 2.05) is 0 Å². The smallest absolute Gasteiger partial charge is 0.276 e. The first kappa shape index (κ1) is 18.4. The van der Waals surface area contributed by atoms with Crippen molar-refractivity contribution < 1.29 is 13.9 Å². The zero-order valence-corrected chi connectivity index (χ0v) is 15.8. The number of amides is 1. The summed E-state index contributed by atoms with van der Waals surface area (Å²) >= 11 is 11.5. The second-order valence-corrected chi connectivity index (χ2v) is 6.58. The van der Waals surface area contributed by atoms with Crippen molar-refractivity contribution >= 4 is 40.9 Å². The molecule has 0 N–H and O–H groups in total. The van der Waals surface area contributed by atoms with Crippen LogP contribution in [-0.2, 0) is 11.4 Å². The molecular weight excluding hydrogens is 375 g/mol. The van der Waals surface area contributed by atoms with Gasteiger partial charge in [-0.2, -0.15) is 0 Å². The van der Waals surface area contributed by atoms with Crippen LogP contribution in [0.1, 0.15) is 11.1 Å². The molecule has 0 bridgehead atoms. The number of ether oxygens (including phenoxy) is 1. The Morgan fingerprint density at radius 2 is 1.92 bits per heavy atom. The number of carbonyl (C=O) groups excluding carboxylic acids is 1. The van der Waals surface area contributed by atoms with Crippen molar-refractivity contribution in [3.05, 3.63) is 70.1 Å². The molecule has 1 saturated heterocycles. The average Bonchev–Trinajstić information content (AvgIpc) is 2.80. The molecule has 1 amide bonds. The van der Waals surface area contributed by atoms with Crippen LogP contribution >= 0.6 is 23.8 Å². The van der Waals surface area contributed by atoms with Crippen LogP contribution in [0.25, 0.3) is 6.08 Å². The van der Waals surface area contributed by atoms with E-state index in [0.29, 0.717) is 27.1 Å². The van der Waals surface area contributed by atoms with Crippen molar-refractivity contribution in [2.24, 2.45) is 0 Å². The van der Waals surface area contributed by atoms with Crippen LogP contribution in [0.4, 0.5) is 4.39 Å². The predicted molar refractivity (Wildman–Crippen MR) is 103 cm³/mol. The standard InChI is InChI=1S/C19H16ClFN2O2S/c1-22-16(18(24)23(2)19(22)26)10-12-7-8-17(14(20)9-12)25-11-13-5-3-4-6-15(13)21/h3-10H,11H2,1-2H3/b16-10-. The Labute approximate surface area is 161 Å². The molecule has 0 aliphatic carbocycles. The average molecular weight is 391 g/mol. The van der Waals surface area contributed by atoms with Gasteiger partial charge in [-0.3, -0.25) is 9.69 Å². The second kappa shape index (κ2) is 7.43. The van der Waals surface area contributed by atoms with Crippen LogP contribution in [0.15, 0.2) is 48.2 Å². The summed E-state index contributed by atoms with van der Waals surface area (Å²) in [6.07, 6.45) is 1.71. The molecule has 0 saturated carbocycles. The number of nitrogens with zero attached hydrogens (tertiary/aromatic N) is 2. The van der Waals surface area contributed by atoms with Gasteiger partial charge < -0.3 is 9.64 Å². The fourth-order valence-corrected chi connectivity index (χ4v) is 2.97. The van der Waals surface area contributed by atoms with Crippen LogP contribution in [0.2, 0.25) is 5.02 Å². The molecular formula is C19H16ClFN2O2S. The van der Waals surface area contributed by atoms with E-state index in [2.05, 4.69) is 0 Å². The number of halogens is 2. The third-order valence-electron chi connectivity index (χ3n) is 4.06. The van der Waals surface area contributed by atoms with Gasteiger partial charge in [0.15, 0.2) is 5.11 Å². The number of carbonyl (C=O) groups is 1. The normalized spacial score (nSPS) is 15.9. The predicted octanol–water partition coefficient (Wildman–Crippen LogP) is 4.09. The van der Waals surface area contributed by atoms with E-state index in [1.165, 1.54) is 11.0 Å². The van der Waals surface area contributed by atoms with Crippen LogP contribution < -0.4 is 4.74 Å². The lowest BCUT2D eigenvalue weighted by Gasteiger charge is -2.12. The van der Waals surface area contributed by atoms with Crippen molar-refractivity contribution in [2.75, 3.05) is 14.1 Å². The Bertz CT molecular complexity index is 916. The van der Waals surface area contributed by atoms with Crippen molar-refractivity contribution in [3.8, 4) is 5.75 Å². The number of hydrogen-bond donors (Lipinski definition) is 0. The maximum atomic E-state index is 13.6. The first-order valence-corrected chi connectivity index (χ1v) is 8.60. The third-order valence-corrected chi connectivity index (χ3v) is 4.90. The van der Waals surface area contributed by atoms with Gasteiger partial charge in [0.2, 0.25) is 0 Å². The van der Waals surface area contributed by atoms with Crippen molar-refractivity contribution in [3.63, 3.8) is 0 Å². The molecule has 0 spiro atoms. The first-order chi connectivity index (χ1) is 12.4. The molecule has 0 radical (unpaired) electrons. The molecule has 1 fully saturated rings. The minimum Gasteiger partial charge on any atom is -0.487 e. The zero-order valence-electron chi connectivity index (χ0n) is 14.2. The van der Waals surface area contributed by atoms with Gasteiger partial charge in [-0.05, 0) is 42.1 Å². The van der Waals surface area contributed by atoms with Crippen LogP contribution in [0.3, 0.4) is 0 Å². The zero-order chi connectivity index (χ0) is 18.8. The maximum Gasteiger partial charge on any atom is 0.276 e. The Kier molecular flexibility index (Phi) is 5.25. The summed E-state index contributed by atoms with van der Waals surface area (Å²) in [5.41, 5.74) is 1.65. The van der Waals surface area contributed by atoms with Gasteiger partial charge >= 0.3 is 0 Å². The van der Waals surface area contributed by atoms with Gasteiger partial charge in [0.05, 0.1) is 5.02 Å². The molecule has 0 unspecified atom stereocenters. The molecule has 3 rings (SSSR count). The monoisotopic (exact) mass is 390 g/mol. The van der Waals surface area contributed by atoms with E-state index in [-0.39, 0.29) is 18.3 Å². The first-order valence-electron chi connectivity index (χ1n) is 7.81. The molecule has 2 aromatic rings. The quantitative estimate of drug-likeness (QED) is 0.581. The lowest BCUT2D eigenvalue weighted by molar-refractivity contribution is -0.121. The highest BCUT2D eigenvalue weighted by atomic mass is 35.5. The van der Waals surface area contributed by atoms with Crippen molar-refractivity contribution in [2.45, 2.75) is 6.61 Å². The van der Waals surface area contributed by atoms with Crippen molar-refractivity contribution in [1.29, 1.82) is 0 Å². The van der Waals surface area contributed by atoms with E-state index < -0.39 is 0 Å².